The summed E-state index contributed by atoms with van der Waals surface area (Å²) < 4.78 is 149. The van der Waals surface area contributed by atoms with E-state index >= 15 is 0 Å². The molecule has 1 atom stereocenters. The molecule has 0 saturated carbocycles. The largest absolute Gasteiger partial charge is 0.439 e. The summed E-state index contributed by atoms with van der Waals surface area (Å²) >= 11 is 0. The van der Waals surface area contributed by atoms with Crippen molar-refractivity contribution in [3.63, 3.8) is 0 Å². The van der Waals surface area contributed by atoms with E-state index in [1.807, 2.05) is 4.74 Å². The molecule has 0 amide bonds. The highest BCUT2D eigenvalue weighted by Crippen LogP contribution is 2.57. The predicted octanol–water partition coefficient (Wildman–Crippen LogP) is 3.27. The highest BCUT2D eigenvalue weighted by molar-refractivity contribution is 4.98. The Labute approximate surface area is 114 Å². The molecule has 1 rings (SSSR count). The van der Waals surface area contributed by atoms with Gasteiger partial charge in [0.15, 0.2) is 0 Å². The average molecular weight is 357 g/mol. The third-order valence-electron chi connectivity index (χ3n) is 2.47. The zero-order chi connectivity index (χ0) is 17.8. The number of ether oxygens (including phenoxy) is 2. The van der Waals surface area contributed by atoms with Gasteiger partial charge in [-0.05, 0) is 0 Å². The molecule has 0 aliphatic carbocycles. The highest BCUT2D eigenvalue weighted by atomic mass is 19.4. The Balaban J connectivity index is 3.43. The Morgan fingerprint density at radius 2 is 1.32 bits per heavy atom. The van der Waals surface area contributed by atoms with Crippen LogP contribution in [0.3, 0.4) is 0 Å². The summed E-state index contributed by atoms with van der Waals surface area (Å²) in [5, 5.41) is 0. The van der Waals surface area contributed by atoms with Gasteiger partial charge >= 0.3 is 30.2 Å². The molecule has 0 spiro atoms. The topological polar surface area (TPSA) is 21.7 Å². The van der Waals surface area contributed by atoms with Crippen molar-refractivity contribution in [3.05, 3.63) is 0 Å². The predicted molar refractivity (Wildman–Crippen MR) is 44.4 cm³/mol. The van der Waals surface area contributed by atoms with Crippen molar-refractivity contribution in [2.75, 3.05) is 13.7 Å². The molecule has 3 nitrogen and oxygen atoms in total. The van der Waals surface area contributed by atoms with Gasteiger partial charge in [0.05, 0.1) is 0 Å². The van der Waals surface area contributed by atoms with Gasteiger partial charge in [-0.2, -0.15) is 43.9 Å². The summed E-state index contributed by atoms with van der Waals surface area (Å²) in [5.74, 6) is -5.23. The number of hydrogen-bond donors (Lipinski definition) is 0. The lowest BCUT2D eigenvalue weighted by Crippen LogP contribution is -2.77. The average Bonchev–Trinajstić information content (AvgIpc) is 2.24. The van der Waals surface area contributed by atoms with E-state index in [2.05, 4.69) is 4.74 Å². The molecule has 1 fully saturated rings. The van der Waals surface area contributed by atoms with Crippen LogP contribution in [-0.2, 0) is 9.47 Å². The van der Waals surface area contributed by atoms with Crippen LogP contribution in [0.15, 0.2) is 0 Å². The number of halogens is 11. The molecular weight excluding hydrogens is 351 g/mol. The van der Waals surface area contributed by atoms with Crippen LogP contribution in [0.25, 0.3) is 0 Å². The normalized spacial score (nSPS) is 28.4. The lowest BCUT2D eigenvalue weighted by atomic mass is 10.2. The first-order valence-electron chi connectivity index (χ1n) is 5.06. The molecule has 0 radical (unpaired) electrons. The summed E-state index contributed by atoms with van der Waals surface area (Å²) in [7, 11) is 0.472. The van der Waals surface area contributed by atoms with Gasteiger partial charge < -0.3 is 4.74 Å². The van der Waals surface area contributed by atoms with Crippen molar-refractivity contribution in [2.24, 2.45) is 0 Å². The standard InChI is InChI=1S/C8H6F11NO2/c1-21-2-4(10,11)3(9)20-5(12,13)7(16,17)22-8(18,19)6(20,14)15/h3H,2H2,1H3. The van der Waals surface area contributed by atoms with Crippen molar-refractivity contribution >= 4 is 0 Å². The highest BCUT2D eigenvalue weighted by Gasteiger charge is 2.85. The van der Waals surface area contributed by atoms with Crippen molar-refractivity contribution in [1.82, 2.24) is 4.90 Å². The number of nitrogens with zero attached hydrogens (tertiary/aromatic N) is 1. The minimum Gasteiger partial charge on any atom is -0.378 e. The maximum Gasteiger partial charge on any atom is 0.439 e. The van der Waals surface area contributed by atoms with Crippen molar-refractivity contribution in [1.29, 1.82) is 0 Å². The van der Waals surface area contributed by atoms with Gasteiger partial charge in [0, 0.05) is 7.11 Å². The molecule has 1 saturated heterocycles. The first-order chi connectivity index (χ1) is 9.54. The summed E-state index contributed by atoms with van der Waals surface area (Å²) in [5.41, 5.74) is 0. The number of alkyl halides is 11. The summed E-state index contributed by atoms with van der Waals surface area (Å²) in [6, 6.07) is -13.0. The third kappa shape index (κ3) is 2.60. The van der Waals surface area contributed by atoms with E-state index < -0.39 is 48.0 Å². The Kier molecular flexibility index (Phi) is 4.40. The molecule has 0 bridgehead atoms. The van der Waals surface area contributed by atoms with Crippen LogP contribution in [0, 0.1) is 0 Å². The summed E-state index contributed by atoms with van der Waals surface area (Å²) in [6.45, 7) is -2.12. The zero-order valence-electron chi connectivity index (χ0n) is 10.2. The fourth-order valence-corrected chi connectivity index (χ4v) is 1.48. The molecule has 1 heterocycles. The van der Waals surface area contributed by atoms with E-state index in [1.54, 1.807) is 0 Å². The Bertz CT molecular complexity index is 400. The minimum atomic E-state index is -6.51. The smallest absolute Gasteiger partial charge is 0.378 e. The van der Waals surface area contributed by atoms with Crippen LogP contribution in [-0.4, -0.2) is 55.1 Å². The lowest BCUT2D eigenvalue weighted by molar-refractivity contribution is -0.575. The number of rotatable bonds is 4. The molecule has 1 aliphatic heterocycles. The number of morpholine rings is 1. The fraction of sp³-hybridized carbons (Fsp3) is 1.00. The molecule has 14 heteroatoms. The maximum atomic E-state index is 13.3. The molecule has 1 unspecified atom stereocenters. The SMILES string of the molecule is COCC(F)(F)C(F)N1C(F)(F)C(F)(F)OC(F)(F)C1(F)F. The molecular formula is C8H6F11NO2. The Morgan fingerprint density at radius 1 is 0.955 bits per heavy atom. The summed E-state index contributed by atoms with van der Waals surface area (Å²) in [4.78, 5) is -2.91. The molecule has 1 aliphatic rings. The number of methoxy groups -OCH3 is 1. The quantitative estimate of drug-likeness (QED) is 0.570. The fourth-order valence-electron chi connectivity index (χ4n) is 1.48. The van der Waals surface area contributed by atoms with Gasteiger partial charge in [-0.15, -0.1) is 4.90 Å². The van der Waals surface area contributed by atoms with E-state index in [9.17, 15) is 48.3 Å². The number of hydrogen-bond acceptors (Lipinski definition) is 3. The second kappa shape index (κ2) is 5.06. The molecule has 0 aromatic heterocycles. The summed E-state index contributed by atoms with van der Waals surface area (Å²) in [6.07, 6.45) is -17.7. The second-order valence-corrected chi connectivity index (χ2v) is 4.12. The van der Waals surface area contributed by atoms with Crippen molar-refractivity contribution in [2.45, 2.75) is 36.5 Å². The van der Waals surface area contributed by atoms with Crippen LogP contribution < -0.4 is 0 Å². The van der Waals surface area contributed by atoms with E-state index in [0.717, 1.165) is 0 Å². The van der Waals surface area contributed by atoms with Gasteiger partial charge in [0.25, 0.3) is 0 Å². The van der Waals surface area contributed by atoms with Gasteiger partial charge in [-0.25, -0.2) is 9.13 Å². The van der Waals surface area contributed by atoms with Crippen LogP contribution in [0.2, 0.25) is 0 Å². The third-order valence-corrected chi connectivity index (χ3v) is 2.47. The molecule has 132 valence electrons. The van der Waals surface area contributed by atoms with Gasteiger partial charge in [0.1, 0.15) is 6.61 Å². The van der Waals surface area contributed by atoms with Gasteiger partial charge in [0.2, 0.25) is 6.30 Å². The molecule has 0 aromatic rings. The van der Waals surface area contributed by atoms with E-state index in [4.69, 9.17) is 0 Å². The van der Waals surface area contributed by atoms with E-state index in [-0.39, 0.29) is 0 Å². The van der Waals surface area contributed by atoms with Crippen LogP contribution >= 0.6 is 0 Å². The van der Waals surface area contributed by atoms with Crippen molar-refractivity contribution in [3.8, 4) is 0 Å². The molecule has 0 aromatic carbocycles. The Hall–Kier alpha value is -0.890. The lowest BCUT2D eigenvalue weighted by Gasteiger charge is -2.48. The minimum absolute atomic E-state index is 0.472. The van der Waals surface area contributed by atoms with E-state index in [0.29, 0.717) is 7.11 Å². The van der Waals surface area contributed by atoms with Crippen LogP contribution in [0.1, 0.15) is 0 Å². The zero-order valence-corrected chi connectivity index (χ0v) is 10.2. The van der Waals surface area contributed by atoms with Crippen LogP contribution in [0.5, 0.6) is 0 Å². The van der Waals surface area contributed by atoms with Crippen LogP contribution in [0.4, 0.5) is 48.3 Å². The molecule has 22 heavy (non-hydrogen) atoms. The second-order valence-electron chi connectivity index (χ2n) is 4.12. The van der Waals surface area contributed by atoms with Gasteiger partial charge in [-0.3, -0.25) is 0 Å². The monoisotopic (exact) mass is 357 g/mol. The van der Waals surface area contributed by atoms with Gasteiger partial charge in [-0.1, -0.05) is 0 Å². The Morgan fingerprint density at radius 3 is 1.64 bits per heavy atom. The first kappa shape index (κ1) is 19.2. The first-order valence-corrected chi connectivity index (χ1v) is 5.06. The van der Waals surface area contributed by atoms with E-state index in [1.165, 1.54) is 0 Å². The maximum absolute atomic E-state index is 13.3. The van der Waals surface area contributed by atoms with Crippen molar-refractivity contribution < 1.29 is 57.8 Å². The molecule has 0 N–H and O–H groups in total.